The largest absolute Gasteiger partial charge is 0.393 e. The Morgan fingerprint density at radius 3 is 2.38 bits per heavy atom. The molecule has 0 heterocycles. The molecule has 3 unspecified atom stereocenters. The van der Waals surface area contributed by atoms with Crippen molar-refractivity contribution < 1.29 is 5.11 Å². The SMILES string of the molecule is CC(C)CCC[C@@H](C)[C@H]1CCC2C3C(CC[C@@]21C)[C@@]1(C)CC[C@H](CNCCCN)C[C@@H]1C[C@H]3O. The molecule has 3 heteroatoms. The zero-order valence-electron chi connectivity index (χ0n) is 23.3. The number of aliphatic hydroxyl groups excluding tert-OH is 1. The maximum absolute atomic E-state index is 11.6. The van der Waals surface area contributed by atoms with Crippen LogP contribution < -0.4 is 11.1 Å². The summed E-state index contributed by atoms with van der Waals surface area (Å²) in [5, 5.41) is 15.3. The number of fused-ring (bicyclic) bond motifs is 5. The molecule has 4 aliphatic rings. The summed E-state index contributed by atoms with van der Waals surface area (Å²) in [7, 11) is 0. The fourth-order valence-electron chi connectivity index (χ4n) is 10.1. The molecule has 0 spiro atoms. The van der Waals surface area contributed by atoms with Crippen molar-refractivity contribution in [3.63, 3.8) is 0 Å². The topological polar surface area (TPSA) is 58.3 Å². The summed E-state index contributed by atoms with van der Waals surface area (Å²) in [6.45, 7) is 15.6. The second kappa shape index (κ2) is 11.1. The first-order valence-electron chi connectivity index (χ1n) is 15.3. The van der Waals surface area contributed by atoms with E-state index in [4.69, 9.17) is 5.73 Å². The van der Waals surface area contributed by atoms with Crippen molar-refractivity contribution >= 4 is 0 Å². The van der Waals surface area contributed by atoms with E-state index in [0.29, 0.717) is 16.7 Å². The monoisotopic (exact) mass is 474 g/mol. The molecule has 0 radical (unpaired) electrons. The molecule has 0 aliphatic heterocycles. The van der Waals surface area contributed by atoms with Crippen molar-refractivity contribution in [2.24, 2.45) is 63.9 Å². The van der Waals surface area contributed by atoms with Crippen LogP contribution in [0, 0.1) is 58.2 Å². The van der Waals surface area contributed by atoms with Gasteiger partial charge in [-0.15, -0.1) is 0 Å². The smallest absolute Gasteiger partial charge is 0.0577 e. The van der Waals surface area contributed by atoms with Crippen LogP contribution >= 0.6 is 0 Å². The van der Waals surface area contributed by atoms with Crippen LogP contribution in [0.25, 0.3) is 0 Å². The van der Waals surface area contributed by atoms with E-state index in [2.05, 4.69) is 39.9 Å². The quantitative estimate of drug-likeness (QED) is 0.311. The molecule has 0 aromatic heterocycles. The molecule has 4 aliphatic carbocycles. The highest BCUT2D eigenvalue weighted by Crippen LogP contribution is 2.68. The first-order chi connectivity index (χ1) is 16.2. The molecule has 198 valence electrons. The summed E-state index contributed by atoms with van der Waals surface area (Å²) in [4.78, 5) is 0. The highest BCUT2D eigenvalue weighted by molar-refractivity contribution is 5.11. The van der Waals surface area contributed by atoms with Crippen LogP contribution in [0.5, 0.6) is 0 Å². The highest BCUT2D eigenvalue weighted by atomic mass is 16.3. The molecule has 4 rings (SSSR count). The minimum atomic E-state index is -0.0633. The summed E-state index contributed by atoms with van der Waals surface area (Å²) >= 11 is 0. The first-order valence-corrected chi connectivity index (χ1v) is 15.3. The Hall–Kier alpha value is -0.120. The molecular weight excluding hydrogens is 416 g/mol. The van der Waals surface area contributed by atoms with Gasteiger partial charge in [0.25, 0.3) is 0 Å². The second-order valence-corrected chi connectivity index (χ2v) is 14.3. The van der Waals surface area contributed by atoms with E-state index in [-0.39, 0.29) is 6.10 Å². The first kappa shape index (κ1) is 26.9. The van der Waals surface area contributed by atoms with Gasteiger partial charge in [-0.3, -0.25) is 0 Å². The highest BCUT2D eigenvalue weighted by Gasteiger charge is 2.62. The van der Waals surface area contributed by atoms with Crippen molar-refractivity contribution in [1.29, 1.82) is 0 Å². The van der Waals surface area contributed by atoms with Crippen LogP contribution in [0.1, 0.15) is 112 Å². The summed E-state index contributed by atoms with van der Waals surface area (Å²) in [6, 6.07) is 0. The molecule has 4 saturated carbocycles. The van der Waals surface area contributed by atoms with Gasteiger partial charge in [-0.2, -0.15) is 0 Å². The van der Waals surface area contributed by atoms with Crippen LogP contribution in [0.2, 0.25) is 0 Å². The molecule has 4 fully saturated rings. The minimum absolute atomic E-state index is 0.0633. The van der Waals surface area contributed by atoms with Crippen molar-refractivity contribution in [2.45, 2.75) is 118 Å². The van der Waals surface area contributed by atoms with E-state index < -0.39 is 0 Å². The predicted molar refractivity (Wildman–Crippen MR) is 144 cm³/mol. The number of rotatable bonds is 10. The van der Waals surface area contributed by atoms with Gasteiger partial charge in [0.2, 0.25) is 0 Å². The van der Waals surface area contributed by atoms with Crippen LogP contribution in [-0.2, 0) is 0 Å². The molecule has 0 bridgehead atoms. The Balaban J connectivity index is 1.41. The standard InChI is InChI=1S/C31H58N2O/c1-21(2)8-6-9-22(3)25-10-11-26-29-27(13-15-31(25,26)5)30(4)14-12-23(20-33-17-7-16-32)18-24(30)19-28(29)34/h21-29,33-34H,6-20,32H2,1-5H3/t22-,23+,24-,25-,26?,27?,28-,29?,30+,31-/m1/s1. The van der Waals surface area contributed by atoms with E-state index in [1.54, 1.807) is 0 Å². The summed E-state index contributed by atoms with van der Waals surface area (Å²) in [5.41, 5.74) is 6.59. The van der Waals surface area contributed by atoms with Gasteiger partial charge in [0.05, 0.1) is 6.10 Å². The predicted octanol–water partition coefficient (Wildman–Crippen LogP) is 6.63. The summed E-state index contributed by atoms with van der Waals surface area (Å²) in [6.07, 6.45) is 15.9. The lowest BCUT2D eigenvalue weighted by atomic mass is 9.43. The maximum atomic E-state index is 11.6. The van der Waals surface area contributed by atoms with E-state index in [1.165, 1.54) is 64.2 Å². The molecule has 0 saturated heterocycles. The fourth-order valence-corrected chi connectivity index (χ4v) is 10.1. The lowest BCUT2D eigenvalue weighted by Gasteiger charge is -2.62. The lowest BCUT2D eigenvalue weighted by Crippen LogP contribution is -2.58. The Morgan fingerprint density at radius 2 is 1.65 bits per heavy atom. The third kappa shape index (κ3) is 5.14. The number of nitrogens with two attached hydrogens (primary N) is 1. The van der Waals surface area contributed by atoms with E-state index >= 15 is 0 Å². The van der Waals surface area contributed by atoms with Gasteiger partial charge >= 0.3 is 0 Å². The van der Waals surface area contributed by atoms with Crippen LogP contribution in [0.4, 0.5) is 0 Å². The zero-order valence-corrected chi connectivity index (χ0v) is 23.3. The Morgan fingerprint density at radius 1 is 0.912 bits per heavy atom. The zero-order chi connectivity index (χ0) is 24.5. The molecule has 4 N–H and O–H groups in total. The number of nitrogens with one attached hydrogen (secondary N) is 1. The third-order valence-corrected chi connectivity index (χ3v) is 12.0. The number of hydrogen-bond donors (Lipinski definition) is 3. The van der Waals surface area contributed by atoms with Crippen LogP contribution in [0.15, 0.2) is 0 Å². The molecular formula is C31H58N2O. The van der Waals surface area contributed by atoms with E-state index in [1.807, 2.05) is 0 Å². The Kier molecular flexibility index (Phi) is 8.79. The van der Waals surface area contributed by atoms with E-state index in [9.17, 15) is 5.11 Å². The molecule has 3 nitrogen and oxygen atoms in total. The normalized spacial score (nSPS) is 45.0. The fraction of sp³-hybridized carbons (Fsp3) is 1.00. The van der Waals surface area contributed by atoms with Gasteiger partial charge in [0.1, 0.15) is 0 Å². The van der Waals surface area contributed by atoms with Crippen LogP contribution in [0.3, 0.4) is 0 Å². The van der Waals surface area contributed by atoms with Gasteiger partial charge in [-0.1, -0.05) is 53.9 Å². The summed E-state index contributed by atoms with van der Waals surface area (Å²) in [5.74, 6) is 6.12. The lowest BCUT2D eigenvalue weighted by molar-refractivity contribution is -0.169. The van der Waals surface area contributed by atoms with Gasteiger partial charge in [0.15, 0.2) is 0 Å². The average Bonchev–Trinajstić information content (AvgIpc) is 3.14. The molecule has 10 atom stereocenters. The molecule has 0 amide bonds. The minimum Gasteiger partial charge on any atom is -0.393 e. The van der Waals surface area contributed by atoms with Crippen molar-refractivity contribution in [3.8, 4) is 0 Å². The molecule has 0 aromatic carbocycles. The van der Waals surface area contributed by atoms with E-state index in [0.717, 1.165) is 73.9 Å². The van der Waals surface area contributed by atoms with Gasteiger partial charge in [-0.25, -0.2) is 0 Å². The average molecular weight is 475 g/mol. The second-order valence-electron chi connectivity index (χ2n) is 14.3. The molecule has 34 heavy (non-hydrogen) atoms. The maximum Gasteiger partial charge on any atom is 0.0577 e. The molecule has 0 aromatic rings. The van der Waals surface area contributed by atoms with Crippen molar-refractivity contribution in [2.75, 3.05) is 19.6 Å². The van der Waals surface area contributed by atoms with Crippen molar-refractivity contribution in [3.05, 3.63) is 0 Å². The number of hydrogen-bond acceptors (Lipinski definition) is 3. The number of aliphatic hydroxyl groups is 1. The van der Waals surface area contributed by atoms with Gasteiger partial charge in [-0.05, 0) is 136 Å². The van der Waals surface area contributed by atoms with Crippen LogP contribution in [-0.4, -0.2) is 30.8 Å². The third-order valence-electron chi connectivity index (χ3n) is 12.0. The Bertz CT molecular complexity index is 651. The van der Waals surface area contributed by atoms with Gasteiger partial charge in [0, 0.05) is 0 Å². The van der Waals surface area contributed by atoms with Crippen molar-refractivity contribution in [1.82, 2.24) is 5.32 Å². The Labute approximate surface area is 211 Å². The van der Waals surface area contributed by atoms with Gasteiger partial charge < -0.3 is 16.2 Å². The summed E-state index contributed by atoms with van der Waals surface area (Å²) < 4.78 is 0.